The van der Waals surface area contributed by atoms with Gasteiger partial charge in [0.05, 0.1) is 14.2 Å². The van der Waals surface area contributed by atoms with E-state index in [4.69, 9.17) is 9.47 Å². The smallest absolute Gasteiger partial charge is 0.191 e. The van der Waals surface area contributed by atoms with Crippen molar-refractivity contribution >= 4 is 29.9 Å². The Hall–Kier alpha value is -1.96. The van der Waals surface area contributed by atoms with Gasteiger partial charge in [0.15, 0.2) is 5.96 Å². The van der Waals surface area contributed by atoms with Crippen molar-refractivity contribution in [1.82, 2.24) is 10.6 Å². The van der Waals surface area contributed by atoms with E-state index in [1.807, 2.05) is 36.4 Å². The van der Waals surface area contributed by atoms with Crippen LogP contribution in [0.4, 0.5) is 0 Å². The van der Waals surface area contributed by atoms with Gasteiger partial charge in [-0.2, -0.15) is 0 Å². The summed E-state index contributed by atoms with van der Waals surface area (Å²) in [7, 11) is 5.15. The standard InChI is InChI=1S/C20H27N3O2.HI/c1-21-20(23-15-17-9-11-18(24-2)12-10-17)22-13-5-7-16-6-4-8-19(14-16)25-3;/h4,6,8-12,14H,5,7,13,15H2,1-3H3,(H2,21,22,23);1H. The van der Waals surface area contributed by atoms with Gasteiger partial charge in [0.1, 0.15) is 11.5 Å². The van der Waals surface area contributed by atoms with E-state index in [1.165, 1.54) is 11.1 Å². The third-order valence-corrected chi connectivity index (χ3v) is 3.91. The van der Waals surface area contributed by atoms with Gasteiger partial charge in [0.25, 0.3) is 0 Å². The molecule has 0 saturated heterocycles. The lowest BCUT2D eigenvalue weighted by Crippen LogP contribution is -2.37. The minimum absolute atomic E-state index is 0. The van der Waals surface area contributed by atoms with Crippen molar-refractivity contribution in [3.63, 3.8) is 0 Å². The molecule has 0 aliphatic carbocycles. The van der Waals surface area contributed by atoms with Crippen molar-refractivity contribution in [2.75, 3.05) is 27.8 Å². The summed E-state index contributed by atoms with van der Waals surface area (Å²) in [5, 5.41) is 6.66. The first-order chi connectivity index (χ1) is 12.2. The van der Waals surface area contributed by atoms with Crippen LogP contribution >= 0.6 is 24.0 Å². The summed E-state index contributed by atoms with van der Waals surface area (Å²) in [5.74, 6) is 2.58. The third-order valence-electron chi connectivity index (χ3n) is 3.91. The molecule has 0 fully saturated rings. The van der Waals surface area contributed by atoms with Crippen molar-refractivity contribution in [2.24, 2.45) is 4.99 Å². The zero-order chi connectivity index (χ0) is 17.9. The molecule has 142 valence electrons. The number of nitrogens with one attached hydrogen (secondary N) is 2. The van der Waals surface area contributed by atoms with Crippen LogP contribution in [0.25, 0.3) is 0 Å². The third kappa shape index (κ3) is 7.51. The molecule has 0 aliphatic rings. The first kappa shape index (κ1) is 22.1. The Bertz CT molecular complexity index is 675. The molecule has 2 aromatic carbocycles. The van der Waals surface area contributed by atoms with E-state index < -0.39 is 0 Å². The summed E-state index contributed by atoms with van der Waals surface area (Å²) in [6.45, 7) is 1.58. The zero-order valence-corrected chi connectivity index (χ0v) is 17.9. The lowest BCUT2D eigenvalue weighted by molar-refractivity contribution is 0.414. The molecule has 0 spiro atoms. The van der Waals surface area contributed by atoms with Crippen LogP contribution in [0.1, 0.15) is 17.5 Å². The Labute approximate surface area is 173 Å². The van der Waals surface area contributed by atoms with Gasteiger partial charge >= 0.3 is 0 Å². The lowest BCUT2D eigenvalue weighted by Gasteiger charge is -2.12. The molecule has 0 saturated carbocycles. The Balaban J connectivity index is 0.00000338. The number of methoxy groups -OCH3 is 2. The fourth-order valence-electron chi connectivity index (χ4n) is 2.48. The van der Waals surface area contributed by atoms with Crippen molar-refractivity contribution in [2.45, 2.75) is 19.4 Å². The van der Waals surface area contributed by atoms with E-state index in [-0.39, 0.29) is 24.0 Å². The maximum Gasteiger partial charge on any atom is 0.191 e. The number of hydrogen-bond donors (Lipinski definition) is 2. The summed E-state index contributed by atoms with van der Waals surface area (Å²) in [5.41, 5.74) is 2.46. The number of rotatable bonds is 8. The predicted molar refractivity (Wildman–Crippen MR) is 118 cm³/mol. The fraction of sp³-hybridized carbons (Fsp3) is 0.350. The van der Waals surface area contributed by atoms with Crippen LogP contribution in [-0.2, 0) is 13.0 Å². The molecular formula is C20H28IN3O2. The molecular weight excluding hydrogens is 441 g/mol. The number of nitrogens with zero attached hydrogens (tertiary/aromatic N) is 1. The van der Waals surface area contributed by atoms with Crippen LogP contribution in [0.5, 0.6) is 11.5 Å². The van der Waals surface area contributed by atoms with Crippen LogP contribution < -0.4 is 20.1 Å². The number of halogens is 1. The van der Waals surface area contributed by atoms with Gasteiger partial charge in [0.2, 0.25) is 0 Å². The highest BCUT2D eigenvalue weighted by Gasteiger charge is 2.00. The summed E-state index contributed by atoms with van der Waals surface area (Å²) in [6, 6.07) is 16.2. The molecule has 26 heavy (non-hydrogen) atoms. The maximum absolute atomic E-state index is 5.25. The van der Waals surface area contributed by atoms with Gasteiger partial charge in [0, 0.05) is 20.1 Å². The maximum atomic E-state index is 5.25. The SMILES string of the molecule is CN=C(NCCCc1cccc(OC)c1)NCc1ccc(OC)cc1.I. The van der Waals surface area contributed by atoms with Crippen LogP contribution in [0.3, 0.4) is 0 Å². The molecule has 0 unspecified atom stereocenters. The fourth-order valence-corrected chi connectivity index (χ4v) is 2.48. The average Bonchev–Trinajstić information content (AvgIpc) is 2.68. The first-order valence-electron chi connectivity index (χ1n) is 8.45. The van der Waals surface area contributed by atoms with Crippen molar-refractivity contribution in [3.8, 4) is 11.5 Å². The average molecular weight is 469 g/mol. The summed E-state index contributed by atoms with van der Waals surface area (Å²) >= 11 is 0. The van der Waals surface area contributed by atoms with E-state index in [9.17, 15) is 0 Å². The Morgan fingerprint density at radius 3 is 2.31 bits per heavy atom. The molecule has 2 rings (SSSR count). The first-order valence-corrected chi connectivity index (χ1v) is 8.45. The van der Waals surface area contributed by atoms with E-state index in [0.717, 1.165) is 43.4 Å². The highest BCUT2D eigenvalue weighted by molar-refractivity contribution is 14.0. The zero-order valence-electron chi connectivity index (χ0n) is 15.6. The second kappa shape index (κ2) is 12.4. The number of aliphatic imine (C=N–C) groups is 1. The van der Waals surface area contributed by atoms with Crippen LogP contribution in [-0.4, -0.2) is 33.8 Å². The van der Waals surface area contributed by atoms with Gasteiger partial charge < -0.3 is 20.1 Å². The lowest BCUT2D eigenvalue weighted by atomic mass is 10.1. The number of benzene rings is 2. The summed E-state index contributed by atoms with van der Waals surface area (Å²) in [6.07, 6.45) is 2.02. The van der Waals surface area contributed by atoms with Crippen molar-refractivity contribution in [3.05, 3.63) is 59.7 Å². The molecule has 0 atom stereocenters. The molecule has 0 heterocycles. The Morgan fingerprint density at radius 2 is 1.65 bits per heavy atom. The van der Waals surface area contributed by atoms with E-state index in [1.54, 1.807) is 21.3 Å². The van der Waals surface area contributed by atoms with E-state index in [0.29, 0.717) is 0 Å². The Kier molecular flexibility index (Phi) is 10.5. The molecule has 5 nitrogen and oxygen atoms in total. The van der Waals surface area contributed by atoms with Crippen molar-refractivity contribution in [1.29, 1.82) is 0 Å². The quantitative estimate of drug-likeness (QED) is 0.269. The number of guanidine groups is 1. The highest BCUT2D eigenvalue weighted by atomic mass is 127. The van der Waals surface area contributed by atoms with Gasteiger partial charge in [-0.3, -0.25) is 4.99 Å². The van der Waals surface area contributed by atoms with Gasteiger partial charge in [-0.25, -0.2) is 0 Å². The normalized spacial score (nSPS) is 10.7. The predicted octanol–water partition coefficient (Wildman–Crippen LogP) is 3.62. The van der Waals surface area contributed by atoms with Crippen LogP contribution in [0.2, 0.25) is 0 Å². The minimum Gasteiger partial charge on any atom is -0.497 e. The Morgan fingerprint density at radius 1 is 0.923 bits per heavy atom. The van der Waals surface area contributed by atoms with E-state index in [2.05, 4.69) is 27.8 Å². The van der Waals surface area contributed by atoms with Gasteiger partial charge in [-0.15, -0.1) is 24.0 Å². The minimum atomic E-state index is 0. The molecule has 0 aliphatic heterocycles. The molecule has 0 bridgehead atoms. The molecule has 2 N–H and O–H groups in total. The largest absolute Gasteiger partial charge is 0.497 e. The van der Waals surface area contributed by atoms with Crippen LogP contribution in [0, 0.1) is 0 Å². The molecule has 0 radical (unpaired) electrons. The number of aryl methyl sites for hydroxylation is 1. The summed E-state index contributed by atoms with van der Waals surface area (Å²) in [4.78, 5) is 4.26. The summed E-state index contributed by atoms with van der Waals surface area (Å²) < 4.78 is 10.4. The molecule has 0 amide bonds. The number of ether oxygens (including phenoxy) is 2. The molecule has 0 aromatic heterocycles. The highest BCUT2D eigenvalue weighted by Crippen LogP contribution is 2.13. The molecule has 6 heteroatoms. The van der Waals surface area contributed by atoms with E-state index >= 15 is 0 Å². The number of hydrogen-bond acceptors (Lipinski definition) is 3. The van der Waals surface area contributed by atoms with Gasteiger partial charge in [-0.05, 0) is 48.2 Å². The monoisotopic (exact) mass is 469 g/mol. The second-order valence-electron chi connectivity index (χ2n) is 5.66. The molecule has 2 aromatic rings. The van der Waals surface area contributed by atoms with Crippen LogP contribution in [0.15, 0.2) is 53.5 Å². The van der Waals surface area contributed by atoms with Crippen molar-refractivity contribution < 1.29 is 9.47 Å². The topological polar surface area (TPSA) is 54.9 Å². The second-order valence-corrected chi connectivity index (χ2v) is 5.66. The van der Waals surface area contributed by atoms with Gasteiger partial charge in [-0.1, -0.05) is 24.3 Å².